The lowest BCUT2D eigenvalue weighted by Gasteiger charge is -1.95. The van der Waals surface area contributed by atoms with E-state index in [1.807, 2.05) is 13.8 Å². The third-order valence-electron chi connectivity index (χ3n) is 2.01. The van der Waals surface area contributed by atoms with Crippen LogP contribution in [0.3, 0.4) is 0 Å². The van der Waals surface area contributed by atoms with E-state index in [1.165, 1.54) is 19.3 Å². The fourth-order valence-electron chi connectivity index (χ4n) is 1.04. The number of aromatic nitrogens is 1. The quantitative estimate of drug-likeness (QED) is 0.447. The Hall–Kier alpha value is 0.0400. The van der Waals surface area contributed by atoms with E-state index in [4.69, 9.17) is 4.42 Å². The summed E-state index contributed by atoms with van der Waals surface area (Å²) in [4.78, 5) is 4.32. The van der Waals surface area contributed by atoms with E-state index >= 15 is 0 Å². The monoisotopic (exact) mass is 277 g/mol. The number of rotatable bonds is 6. The molecule has 1 heterocycles. The highest BCUT2D eigenvalue weighted by Gasteiger charge is 2.04. The number of hydrogen-bond donors (Lipinski definition) is 0. The summed E-state index contributed by atoms with van der Waals surface area (Å²) < 4.78 is 5.46. The van der Waals surface area contributed by atoms with Gasteiger partial charge in [0.05, 0.1) is 5.69 Å². The lowest BCUT2D eigenvalue weighted by atomic mass is 10.3. The van der Waals surface area contributed by atoms with Crippen LogP contribution >= 0.6 is 27.7 Å². The van der Waals surface area contributed by atoms with E-state index in [2.05, 4.69) is 20.9 Å². The molecular weight excluding hydrogens is 262 g/mol. The second-order valence-electron chi connectivity index (χ2n) is 3.22. The molecule has 0 unspecified atom stereocenters. The summed E-state index contributed by atoms with van der Waals surface area (Å²) in [5.74, 6) is 2.04. The topological polar surface area (TPSA) is 26.0 Å². The maximum Gasteiger partial charge on any atom is 0.256 e. The van der Waals surface area contributed by atoms with Crippen molar-refractivity contribution in [2.75, 3.05) is 11.1 Å². The number of alkyl halides is 1. The average Bonchev–Trinajstić information content (AvgIpc) is 2.46. The average molecular weight is 278 g/mol. The predicted molar refractivity (Wildman–Crippen MR) is 64.3 cm³/mol. The van der Waals surface area contributed by atoms with E-state index in [0.29, 0.717) is 0 Å². The minimum Gasteiger partial charge on any atom is -0.437 e. The van der Waals surface area contributed by atoms with Crippen molar-refractivity contribution in [1.82, 2.24) is 4.98 Å². The van der Waals surface area contributed by atoms with Gasteiger partial charge in [-0.1, -0.05) is 34.1 Å². The van der Waals surface area contributed by atoms with Crippen molar-refractivity contribution >= 4 is 27.7 Å². The molecule has 0 saturated heterocycles. The van der Waals surface area contributed by atoms with Crippen molar-refractivity contribution in [3.05, 3.63) is 11.5 Å². The van der Waals surface area contributed by atoms with E-state index in [9.17, 15) is 0 Å². The zero-order chi connectivity index (χ0) is 10.4. The van der Waals surface area contributed by atoms with Crippen molar-refractivity contribution in [2.45, 2.75) is 38.3 Å². The molecule has 0 saturated carbocycles. The molecule has 0 aliphatic heterocycles. The van der Waals surface area contributed by atoms with Crippen LogP contribution in [0, 0.1) is 13.8 Å². The largest absolute Gasteiger partial charge is 0.437 e. The van der Waals surface area contributed by atoms with Crippen LogP contribution in [0.4, 0.5) is 0 Å². The van der Waals surface area contributed by atoms with Crippen molar-refractivity contribution in [3.8, 4) is 0 Å². The molecule has 0 fully saturated rings. The van der Waals surface area contributed by atoms with Crippen molar-refractivity contribution in [2.24, 2.45) is 0 Å². The minimum atomic E-state index is 0.818. The van der Waals surface area contributed by atoms with Gasteiger partial charge in [-0.15, -0.1) is 0 Å². The minimum absolute atomic E-state index is 0.818. The molecular formula is C10H16BrNOS. The van der Waals surface area contributed by atoms with Crippen LogP contribution in [-0.2, 0) is 0 Å². The second kappa shape index (κ2) is 6.51. The molecule has 4 heteroatoms. The van der Waals surface area contributed by atoms with Crippen LogP contribution < -0.4 is 0 Å². The zero-order valence-electron chi connectivity index (χ0n) is 8.68. The number of unbranched alkanes of at least 4 members (excludes halogenated alkanes) is 2. The van der Waals surface area contributed by atoms with Crippen LogP contribution in [0.15, 0.2) is 9.64 Å². The number of nitrogens with zero attached hydrogens (tertiary/aromatic N) is 1. The third-order valence-corrected chi connectivity index (χ3v) is 3.49. The number of aryl methyl sites for hydroxylation is 2. The molecule has 0 spiro atoms. The van der Waals surface area contributed by atoms with Crippen LogP contribution in [-0.4, -0.2) is 16.1 Å². The van der Waals surface area contributed by atoms with Gasteiger partial charge in [0.2, 0.25) is 0 Å². The standard InChI is InChI=1S/C10H16BrNOS/c1-8-9(2)13-10(12-8)14-7-5-3-4-6-11/h3-7H2,1-2H3. The van der Waals surface area contributed by atoms with Crippen molar-refractivity contribution in [3.63, 3.8) is 0 Å². The lowest BCUT2D eigenvalue weighted by molar-refractivity contribution is 0.431. The Balaban J connectivity index is 2.18. The Labute approximate surface area is 98.0 Å². The zero-order valence-corrected chi connectivity index (χ0v) is 11.1. The first-order chi connectivity index (χ1) is 6.74. The summed E-state index contributed by atoms with van der Waals surface area (Å²) in [7, 11) is 0. The Kier molecular flexibility index (Phi) is 5.63. The molecule has 80 valence electrons. The number of oxazole rings is 1. The van der Waals surface area contributed by atoms with Crippen LogP contribution in [0.25, 0.3) is 0 Å². The molecule has 0 aliphatic rings. The highest BCUT2D eigenvalue weighted by molar-refractivity contribution is 9.09. The first-order valence-corrected chi connectivity index (χ1v) is 6.97. The van der Waals surface area contributed by atoms with Gasteiger partial charge in [-0.3, -0.25) is 0 Å². The number of hydrogen-bond acceptors (Lipinski definition) is 3. The summed E-state index contributed by atoms with van der Waals surface area (Å²) in [5.41, 5.74) is 1.01. The Morgan fingerprint density at radius 2 is 2.07 bits per heavy atom. The van der Waals surface area contributed by atoms with Gasteiger partial charge in [-0.25, -0.2) is 4.98 Å². The fraction of sp³-hybridized carbons (Fsp3) is 0.700. The molecule has 1 aromatic rings. The Bertz CT molecular complexity index is 256. The molecule has 1 rings (SSSR count). The summed E-state index contributed by atoms with van der Waals surface area (Å²) in [6.07, 6.45) is 3.76. The third kappa shape index (κ3) is 4.05. The molecule has 14 heavy (non-hydrogen) atoms. The molecule has 0 atom stereocenters. The van der Waals surface area contributed by atoms with E-state index in [0.717, 1.165) is 27.8 Å². The van der Waals surface area contributed by atoms with Gasteiger partial charge in [-0.2, -0.15) is 0 Å². The van der Waals surface area contributed by atoms with Crippen LogP contribution in [0.1, 0.15) is 30.7 Å². The van der Waals surface area contributed by atoms with Gasteiger partial charge < -0.3 is 4.42 Å². The molecule has 0 amide bonds. The first-order valence-electron chi connectivity index (χ1n) is 4.87. The van der Waals surface area contributed by atoms with Gasteiger partial charge in [0.15, 0.2) is 0 Å². The van der Waals surface area contributed by atoms with E-state index in [-0.39, 0.29) is 0 Å². The highest BCUT2D eigenvalue weighted by atomic mass is 79.9. The summed E-state index contributed by atoms with van der Waals surface area (Å²) in [6, 6.07) is 0. The molecule has 0 N–H and O–H groups in total. The normalized spacial score (nSPS) is 10.8. The van der Waals surface area contributed by atoms with Gasteiger partial charge in [-0.05, 0) is 26.7 Å². The molecule has 0 bridgehead atoms. The summed E-state index contributed by atoms with van der Waals surface area (Å²) >= 11 is 5.13. The number of thioether (sulfide) groups is 1. The maximum absolute atomic E-state index is 5.46. The predicted octanol–water partition coefficient (Wildman–Crippen LogP) is 3.95. The fourth-order valence-corrected chi connectivity index (χ4v) is 2.34. The lowest BCUT2D eigenvalue weighted by Crippen LogP contribution is -1.82. The molecule has 0 aromatic carbocycles. The Morgan fingerprint density at radius 3 is 2.64 bits per heavy atom. The first kappa shape index (κ1) is 12.1. The van der Waals surface area contributed by atoms with Gasteiger partial charge in [0.1, 0.15) is 5.76 Å². The Morgan fingerprint density at radius 1 is 1.29 bits per heavy atom. The van der Waals surface area contributed by atoms with Gasteiger partial charge in [0, 0.05) is 11.1 Å². The second-order valence-corrected chi connectivity index (χ2v) is 5.06. The smallest absolute Gasteiger partial charge is 0.256 e. The van der Waals surface area contributed by atoms with Crippen molar-refractivity contribution in [1.29, 1.82) is 0 Å². The SMILES string of the molecule is Cc1nc(SCCCCCBr)oc1C. The molecule has 0 aliphatic carbocycles. The van der Waals surface area contributed by atoms with E-state index in [1.54, 1.807) is 11.8 Å². The summed E-state index contributed by atoms with van der Waals surface area (Å²) in [6.45, 7) is 3.94. The van der Waals surface area contributed by atoms with Gasteiger partial charge in [0.25, 0.3) is 5.22 Å². The van der Waals surface area contributed by atoms with Crippen molar-refractivity contribution < 1.29 is 4.42 Å². The van der Waals surface area contributed by atoms with Crippen LogP contribution in [0.5, 0.6) is 0 Å². The maximum atomic E-state index is 5.46. The highest BCUT2D eigenvalue weighted by Crippen LogP contribution is 2.21. The van der Waals surface area contributed by atoms with E-state index < -0.39 is 0 Å². The molecule has 0 radical (unpaired) electrons. The molecule has 1 aromatic heterocycles. The molecule has 2 nitrogen and oxygen atoms in total. The van der Waals surface area contributed by atoms with Gasteiger partial charge >= 0.3 is 0 Å². The van der Waals surface area contributed by atoms with Crippen LogP contribution in [0.2, 0.25) is 0 Å². The summed E-state index contributed by atoms with van der Waals surface area (Å²) in [5, 5.41) is 1.92. The number of halogens is 1.